The molecule has 37 heavy (non-hydrogen) atoms. The number of fused-ring (bicyclic) bond motifs is 1. The van der Waals surface area contributed by atoms with Crippen molar-refractivity contribution in [3.05, 3.63) is 137 Å². The summed E-state index contributed by atoms with van der Waals surface area (Å²) < 4.78 is 16.0. The van der Waals surface area contributed by atoms with Gasteiger partial charge in [0.1, 0.15) is 5.82 Å². The van der Waals surface area contributed by atoms with Crippen LogP contribution in [0.15, 0.2) is 103 Å². The maximum Gasteiger partial charge on any atom is 0.220 e. The molecule has 1 amide bonds. The molecular weight excluding hydrogens is 461 g/mol. The molecule has 2 heterocycles. The lowest BCUT2D eigenvalue weighted by Gasteiger charge is -2.17. The van der Waals surface area contributed by atoms with Gasteiger partial charge in [-0.2, -0.15) is 0 Å². The van der Waals surface area contributed by atoms with Gasteiger partial charge in [-0.25, -0.2) is 4.39 Å². The molecule has 0 radical (unpaired) electrons. The summed E-state index contributed by atoms with van der Waals surface area (Å²) in [6.07, 6.45) is 4.85. The third-order valence-corrected chi connectivity index (χ3v) is 6.76. The lowest BCUT2D eigenvalue weighted by Crippen LogP contribution is -2.27. The van der Waals surface area contributed by atoms with Crippen LogP contribution >= 0.6 is 0 Å². The Morgan fingerprint density at radius 2 is 1.70 bits per heavy atom. The van der Waals surface area contributed by atoms with Crippen molar-refractivity contribution < 1.29 is 9.18 Å². The summed E-state index contributed by atoms with van der Waals surface area (Å²) in [6, 6.07) is 29.1. The van der Waals surface area contributed by atoms with Gasteiger partial charge in [-0.3, -0.25) is 9.78 Å². The SMILES string of the molecule is Cc1ccc(Cn2cc(C(CC(=O)NCCc3ccccn3)c3ccc(F)cc3)c3ccccc32)cc1. The molecule has 2 aromatic heterocycles. The van der Waals surface area contributed by atoms with E-state index in [1.165, 1.54) is 23.3 Å². The van der Waals surface area contributed by atoms with Crippen molar-refractivity contribution in [3.8, 4) is 0 Å². The van der Waals surface area contributed by atoms with Crippen LogP contribution in [0.2, 0.25) is 0 Å². The normalized spacial score (nSPS) is 11.9. The Kier molecular flexibility index (Phi) is 7.41. The molecule has 0 bridgehead atoms. The fourth-order valence-corrected chi connectivity index (χ4v) is 4.81. The molecule has 0 aliphatic rings. The molecule has 0 saturated carbocycles. The Hall–Kier alpha value is -4.25. The van der Waals surface area contributed by atoms with E-state index >= 15 is 0 Å². The maximum atomic E-state index is 13.8. The number of amides is 1. The molecule has 1 N–H and O–H groups in total. The van der Waals surface area contributed by atoms with Crippen LogP contribution in [-0.4, -0.2) is 22.0 Å². The Bertz CT molecular complexity index is 1470. The van der Waals surface area contributed by atoms with Gasteiger partial charge in [0.25, 0.3) is 0 Å². The third-order valence-electron chi connectivity index (χ3n) is 6.76. The predicted octanol–water partition coefficient (Wildman–Crippen LogP) is 6.41. The molecule has 5 heteroatoms. The highest BCUT2D eigenvalue weighted by Gasteiger charge is 2.23. The van der Waals surface area contributed by atoms with Gasteiger partial charge in [0.05, 0.1) is 0 Å². The standard InChI is InChI=1S/C32H30FN3O/c1-23-9-11-24(12-10-23)21-36-22-30(28-7-2-3-8-31(28)36)29(25-13-15-26(33)16-14-25)20-32(37)35-19-17-27-6-4-5-18-34-27/h2-16,18,22,29H,17,19-21H2,1H3,(H,35,37). The summed E-state index contributed by atoms with van der Waals surface area (Å²) >= 11 is 0. The van der Waals surface area contributed by atoms with E-state index in [1.54, 1.807) is 18.3 Å². The number of nitrogens with one attached hydrogen (secondary N) is 1. The van der Waals surface area contributed by atoms with Gasteiger partial charge in [0, 0.05) is 60.8 Å². The van der Waals surface area contributed by atoms with Crippen LogP contribution < -0.4 is 5.32 Å². The molecule has 0 saturated heterocycles. The van der Waals surface area contributed by atoms with Crippen molar-refractivity contribution >= 4 is 16.8 Å². The zero-order chi connectivity index (χ0) is 25.6. The molecule has 0 aliphatic heterocycles. The number of pyridine rings is 1. The Labute approximate surface area is 216 Å². The zero-order valence-electron chi connectivity index (χ0n) is 20.9. The quantitative estimate of drug-likeness (QED) is 0.259. The van der Waals surface area contributed by atoms with Crippen LogP contribution in [0, 0.1) is 12.7 Å². The highest BCUT2D eigenvalue weighted by Crippen LogP contribution is 2.35. The van der Waals surface area contributed by atoms with Gasteiger partial charge in [0.2, 0.25) is 5.91 Å². The molecule has 1 unspecified atom stereocenters. The van der Waals surface area contributed by atoms with Crippen LogP contribution in [-0.2, 0) is 17.8 Å². The first kappa shape index (κ1) is 24.4. The van der Waals surface area contributed by atoms with E-state index in [9.17, 15) is 9.18 Å². The largest absolute Gasteiger partial charge is 0.356 e. The molecule has 4 nitrogen and oxygen atoms in total. The number of carbonyl (C=O) groups is 1. The van der Waals surface area contributed by atoms with E-state index in [2.05, 4.69) is 64.4 Å². The minimum atomic E-state index is -0.288. The third kappa shape index (κ3) is 5.95. The summed E-state index contributed by atoms with van der Waals surface area (Å²) in [5, 5.41) is 4.15. The van der Waals surface area contributed by atoms with E-state index in [0.717, 1.165) is 34.3 Å². The van der Waals surface area contributed by atoms with Gasteiger partial charge in [-0.05, 0) is 53.9 Å². The first-order valence-electron chi connectivity index (χ1n) is 12.6. The number of aryl methyl sites for hydroxylation is 1. The fraction of sp³-hybridized carbons (Fsp3) is 0.188. The molecule has 5 rings (SSSR count). The molecule has 0 spiro atoms. The van der Waals surface area contributed by atoms with Crippen LogP contribution in [0.3, 0.4) is 0 Å². The molecule has 1 atom stereocenters. The minimum absolute atomic E-state index is 0.0411. The number of para-hydroxylation sites is 1. The van der Waals surface area contributed by atoms with E-state index in [0.29, 0.717) is 13.0 Å². The van der Waals surface area contributed by atoms with Gasteiger partial charge in [-0.15, -0.1) is 0 Å². The molecule has 5 aromatic rings. The van der Waals surface area contributed by atoms with Crippen LogP contribution in [0.1, 0.15) is 40.3 Å². The van der Waals surface area contributed by atoms with E-state index in [4.69, 9.17) is 0 Å². The number of rotatable bonds is 9. The Morgan fingerprint density at radius 1 is 0.946 bits per heavy atom. The van der Waals surface area contributed by atoms with E-state index < -0.39 is 0 Å². The molecule has 186 valence electrons. The molecule has 0 fully saturated rings. The first-order chi connectivity index (χ1) is 18.1. The first-order valence-corrected chi connectivity index (χ1v) is 12.6. The second-order valence-electron chi connectivity index (χ2n) is 9.44. The van der Waals surface area contributed by atoms with Crippen molar-refractivity contribution in [1.29, 1.82) is 0 Å². The number of nitrogens with zero attached hydrogens (tertiary/aromatic N) is 2. The Balaban J connectivity index is 1.44. The number of halogens is 1. The average molecular weight is 492 g/mol. The number of benzene rings is 3. The van der Waals surface area contributed by atoms with Crippen molar-refractivity contribution in [1.82, 2.24) is 14.9 Å². The molecule has 0 aliphatic carbocycles. The van der Waals surface area contributed by atoms with Gasteiger partial charge >= 0.3 is 0 Å². The van der Waals surface area contributed by atoms with Gasteiger partial charge < -0.3 is 9.88 Å². The van der Waals surface area contributed by atoms with Crippen LogP contribution in [0.5, 0.6) is 0 Å². The van der Waals surface area contributed by atoms with Gasteiger partial charge in [-0.1, -0.05) is 66.2 Å². The van der Waals surface area contributed by atoms with Gasteiger partial charge in [0.15, 0.2) is 0 Å². The molecule has 3 aromatic carbocycles. The lowest BCUT2D eigenvalue weighted by atomic mass is 9.88. The van der Waals surface area contributed by atoms with Crippen molar-refractivity contribution in [2.75, 3.05) is 6.54 Å². The molecular formula is C32H30FN3O. The highest BCUT2D eigenvalue weighted by molar-refractivity contribution is 5.86. The smallest absolute Gasteiger partial charge is 0.220 e. The Morgan fingerprint density at radius 3 is 2.46 bits per heavy atom. The maximum absolute atomic E-state index is 13.8. The lowest BCUT2D eigenvalue weighted by molar-refractivity contribution is -0.121. The summed E-state index contributed by atoms with van der Waals surface area (Å²) in [5.74, 6) is -0.538. The van der Waals surface area contributed by atoms with Crippen molar-refractivity contribution in [2.45, 2.75) is 32.2 Å². The second kappa shape index (κ2) is 11.2. The number of hydrogen-bond acceptors (Lipinski definition) is 2. The summed E-state index contributed by atoms with van der Waals surface area (Å²) in [7, 11) is 0. The topological polar surface area (TPSA) is 46.9 Å². The average Bonchev–Trinajstić information content (AvgIpc) is 3.28. The van der Waals surface area contributed by atoms with Crippen molar-refractivity contribution in [3.63, 3.8) is 0 Å². The van der Waals surface area contributed by atoms with Crippen molar-refractivity contribution in [2.24, 2.45) is 0 Å². The number of hydrogen-bond donors (Lipinski definition) is 1. The monoisotopic (exact) mass is 491 g/mol. The zero-order valence-corrected chi connectivity index (χ0v) is 20.9. The summed E-state index contributed by atoms with van der Waals surface area (Å²) in [4.78, 5) is 17.4. The van der Waals surface area contributed by atoms with Crippen LogP contribution in [0.4, 0.5) is 4.39 Å². The highest BCUT2D eigenvalue weighted by atomic mass is 19.1. The van der Waals surface area contributed by atoms with E-state index in [1.807, 2.05) is 30.3 Å². The van der Waals surface area contributed by atoms with E-state index in [-0.39, 0.29) is 24.1 Å². The minimum Gasteiger partial charge on any atom is -0.356 e. The predicted molar refractivity (Wildman–Crippen MR) is 146 cm³/mol. The second-order valence-corrected chi connectivity index (χ2v) is 9.44. The fourth-order valence-electron chi connectivity index (χ4n) is 4.81. The van der Waals surface area contributed by atoms with Crippen LogP contribution in [0.25, 0.3) is 10.9 Å². The number of aromatic nitrogens is 2. The number of carbonyl (C=O) groups excluding carboxylic acids is 1. The summed E-state index contributed by atoms with van der Waals surface area (Å²) in [5.41, 5.74) is 6.47. The summed E-state index contributed by atoms with van der Waals surface area (Å²) in [6.45, 7) is 3.33.